The molecule has 2 aromatic carbocycles. The minimum absolute atomic E-state index is 0.0107. The number of carbonyl (C=O) groups excluding carboxylic acids is 1. The van der Waals surface area contributed by atoms with Crippen molar-refractivity contribution in [1.82, 2.24) is 5.32 Å². The van der Waals surface area contributed by atoms with E-state index in [0.717, 1.165) is 60.8 Å². The highest BCUT2D eigenvalue weighted by Crippen LogP contribution is 2.34. The first kappa shape index (κ1) is 18.7. The largest absolute Gasteiger partial charge is 0.367 e. The van der Waals surface area contributed by atoms with Gasteiger partial charge in [0.25, 0.3) is 0 Å². The Labute approximate surface area is 166 Å². The number of para-hydroxylation sites is 1. The van der Waals surface area contributed by atoms with Crippen molar-refractivity contribution in [1.29, 1.82) is 0 Å². The molecular weight excluding hydrogens is 348 g/mol. The summed E-state index contributed by atoms with van der Waals surface area (Å²) in [4.78, 5) is 20.4. The van der Waals surface area contributed by atoms with E-state index >= 15 is 0 Å². The average molecular weight is 377 g/mol. The van der Waals surface area contributed by atoms with Gasteiger partial charge in [0, 0.05) is 37.3 Å². The summed E-state index contributed by atoms with van der Waals surface area (Å²) >= 11 is 0. The van der Waals surface area contributed by atoms with Crippen molar-refractivity contribution in [3.63, 3.8) is 0 Å². The number of rotatable bonds is 4. The van der Waals surface area contributed by atoms with E-state index in [1.807, 2.05) is 18.2 Å². The number of carbonyl (C=O) groups is 1. The lowest BCUT2D eigenvalue weighted by Gasteiger charge is -2.31. The molecule has 0 aliphatic carbocycles. The van der Waals surface area contributed by atoms with Gasteiger partial charge in [-0.3, -0.25) is 9.79 Å². The van der Waals surface area contributed by atoms with Crippen LogP contribution in [-0.2, 0) is 4.79 Å². The number of anilines is 2. The van der Waals surface area contributed by atoms with Crippen LogP contribution in [-0.4, -0.2) is 43.8 Å². The molecule has 0 bridgehead atoms. The number of nitrogens with one attached hydrogen (secondary N) is 2. The van der Waals surface area contributed by atoms with Crippen molar-refractivity contribution < 1.29 is 4.79 Å². The average Bonchev–Trinajstić information content (AvgIpc) is 2.85. The number of amides is 1. The smallest absolute Gasteiger partial charge is 0.249 e. The molecule has 2 N–H and O–H groups in total. The highest BCUT2D eigenvalue weighted by molar-refractivity contribution is 6.21. The fourth-order valence-electron chi connectivity index (χ4n) is 3.96. The Hall–Kier alpha value is -2.66. The van der Waals surface area contributed by atoms with Gasteiger partial charge >= 0.3 is 0 Å². The van der Waals surface area contributed by atoms with Gasteiger partial charge in [0.1, 0.15) is 6.04 Å². The molecule has 146 valence electrons. The molecule has 0 spiro atoms. The van der Waals surface area contributed by atoms with Crippen LogP contribution in [0.25, 0.3) is 0 Å². The first-order chi connectivity index (χ1) is 13.6. The minimum atomic E-state index is -0.376. The molecule has 0 unspecified atom stereocenters. The molecule has 4 rings (SSSR count). The molecule has 0 aromatic heterocycles. The Morgan fingerprint density at radius 2 is 1.82 bits per heavy atom. The third-order valence-electron chi connectivity index (χ3n) is 5.33. The molecule has 0 saturated carbocycles. The van der Waals surface area contributed by atoms with Gasteiger partial charge in [-0.15, -0.1) is 0 Å². The van der Waals surface area contributed by atoms with Crippen LogP contribution in [0.1, 0.15) is 31.4 Å². The number of hydrogen-bond acceptors (Lipinski definition) is 4. The van der Waals surface area contributed by atoms with Crippen molar-refractivity contribution in [3.05, 3.63) is 59.7 Å². The fourth-order valence-corrected chi connectivity index (χ4v) is 3.96. The van der Waals surface area contributed by atoms with Gasteiger partial charge in [0.05, 0.1) is 17.1 Å². The van der Waals surface area contributed by atoms with Crippen molar-refractivity contribution in [2.24, 2.45) is 10.9 Å². The number of nitrogens with zero attached hydrogens (tertiary/aromatic N) is 2. The quantitative estimate of drug-likeness (QED) is 0.861. The number of benzodiazepines with no additional fused rings is 1. The SMILES string of the molecule is CC(C)C[C@@H]1N=C(c2ccccc2)c2cccc(N3CCNCC3)c2NC1=O. The molecule has 2 heterocycles. The van der Waals surface area contributed by atoms with Gasteiger partial charge in [0.2, 0.25) is 5.91 Å². The summed E-state index contributed by atoms with van der Waals surface area (Å²) in [6.07, 6.45) is 0.735. The van der Waals surface area contributed by atoms with Crippen LogP contribution < -0.4 is 15.5 Å². The fraction of sp³-hybridized carbons (Fsp3) is 0.391. The monoisotopic (exact) mass is 376 g/mol. The van der Waals surface area contributed by atoms with E-state index in [0.29, 0.717) is 5.92 Å². The Balaban J connectivity index is 1.84. The van der Waals surface area contributed by atoms with Gasteiger partial charge in [-0.1, -0.05) is 56.3 Å². The molecule has 1 atom stereocenters. The third-order valence-corrected chi connectivity index (χ3v) is 5.33. The van der Waals surface area contributed by atoms with E-state index in [9.17, 15) is 4.79 Å². The van der Waals surface area contributed by atoms with Crippen LogP contribution in [0.3, 0.4) is 0 Å². The van der Waals surface area contributed by atoms with Crippen molar-refractivity contribution in [3.8, 4) is 0 Å². The molecule has 1 saturated heterocycles. The summed E-state index contributed by atoms with van der Waals surface area (Å²) in [7, 11) is 0. The topological polar surface area (TPSA) is 56.7 Å². The predicted octanol–water partition coefficient (Wildman–Crippen LogP) is 3.30. The van der Waals surface area contributed by atoms with Gasteiger partial charge in [0.15, 0.2) is 0 Å². The van der Waals surface area contributed by atoms with Gasteiger partial charge in [-0.25, -0.2) is 0 Å². The Bertz CT molecular complexity index is 869. The van der Waals surface area contributed by atoms with Gasteiger partial charge < -0.3 is 15.5 Å². The summed E-state index contributed by atoms with van der Waals surface area (Å²) in [5.74, 6) is 0.383. The number of hydrogen-bond donors (Lipinski definition) is 2. The van der Waals surface area contributed by atoms with E-state index in [1.165, 1.54) is 0 Å². The second kappa shape index (κ2) is 8.15. The minimum Gasteiger partial charge on any atom is -0.367 e. The first-order valence-electron chi connectivity index (χ1n) is 10.2. The molecule has 28 heavy (non-hydrogen) atoms. The Kier molecular flexibility index (Phi) is 5.44. The molecule has 0 radical (unpaired) electrons. The maximum absolute atomic E-state index is 13.1. The highest BCUT2D eigenvalue weighted by atomic mass is 16.2. The third kappa shape index (κ3) is 3.80. The molecule has 1 fully saturated rings. The van der Waals surface area contributed by atoms with E-state index in [1.54, 1.807) is 0 Å². The van der Waals surface area contributed by atoms with E-state index < -0.39 is 0 Å². The Morgan fingerprint density at radius 1 is 1.07 bits per heavy atom. The molecule has 5 heteroatoms. The standard InChI is InChI=1S/C23H28N4O/c1-16(2)15-19-23(28)26-22-18(21(25-19)17-7-4-3-5-8-17)9-6-10-20(22)27-13-11-24-12-14-27/h3-10,16,19,24H,11-15H2,1-2H3,(H,26,28)/t19-/m0/s1. The summed E-state index contributed by atoms with van der Waals surface area (Å²) in [6.45, 7) is 8.03. The van der Waals surface area contributed by atoms with Crippen molar-refractivity contribution in [2.75, 3.05) is 36.4 Å². The van der Waals surface area contributed by atoms with Crippen LogP contribution in [0, 0.1) is 5.92 Å². The van der Waals surface area contributed by atoms with E-state index in [2.05, 4.69) is 59.7 Å². The molecule has 1 amide bonds. The molecule has 2 aromatic rings. The molecule has 5 nitrogen and oxygen atoms in total. The van der Waals surface area contributed by atoms with Crippen molar-refractivity contribution in [2.45, 2.75) is 26.3 Å². The zero-order chi connectivity index (χ0) is 19.5. The number of benzene rings is 2. The molecular formula is C23H28N4O. The van der Waals surface area contributed by atoms with E-state index in [-0.39, 0.29) is 11.9 Å². The van der Waals surface area contributed by atoms with Crippen LogP contribution in [0.2, 0.25) is 0 Å². The second-order valence-corrected chi connectivity index (χ2v) is 7.92. The van der Waals surface area contributed by atoms with E-state index in [4.69, 9.17) is 4.99 Å². The normalized spacial score (nSPS) is 19.7. The van der Waals surface area contributed by atoms with Crippen LogP contribution in [0.15, 0.2) is 53.5 Å². The lowest BCUT2D eigenvalue weighted by molar-refractivity contribution is -0.117. The Morgan fingerprint density at radius 3 is 2.54 bits per heavy atom. The number of piperazine rings is 1. The van der Waals surface area contributed by atoms with Gasteiger partial charge in [-0.05, 0) is 18.4 Å². The summed E-state index contributed by atoms with van der Waals surface area (Å²) in [6, 6.07) is 16.1. The maximum Gasteiger partial charge on any atom is 0.249 e. The van der Waals surface area contributed by atoms with Crippen LogP contribution in [0.4, 0.5) is 11.4 Å². The highest BCUT2D eigenvalue weighted by Gasteiger charge is 2.29. The number of aliphatic imine (C=N–C) groups is 1. The first-order valence-corrected chi connectivity index (χ1v) is 10.2. The van der Waals surface area contributed by atoms with Gasteiger partial charge in [-0.2, -0.15) is 0 Å². The zero-order valence-corrected chi connectivity index (χ0v) is 16.6. The maximum atomic E-state index is 13.1. The predicted molar refractivity (Wildman–Crippen MR) is 115 cm³/mol. The number of fused-ring (bicyclic) bond motifs is 1. The zero-order valence-electron chi connectivity index (χ0n) is 16.6. The summed E-state index contributed by atoms with van der Waals surface area (Å²) in [5, 5.41) is 6.62. The summed E-state index contributed by atoms with van der Waals surface area (Å²) < 4.78 is 0. The summed E-state index contributed by atoms with van der Waals surface area (Å²) in [5.41, 5.74) is 4.93. The van der Waals surface area contributed by atoms with Crippen LogP contribution in [0.5, 0.6) is 0 Å². The molecule has 2 aliphatic heterocycles. The van der Waals surface area contributed by atoms with Crippen LogP contribution >= 0.6 is 0 Å². The lowest BCUT2D eigenvalue weighted by atomic mass is 9.99. The second-order valence-electron chi connectivity index (χ2n) is 7.92. The molecule has 2 aliphatic rings. The van der Waals surface area contributed by atoms with Crippen molar-refractivity contribution >= 4 is 23.0 Å². The lowest BCUT2D eigenvalue weighted by Crippen LogP contribution is -2.44.